The summed E-state index contributed by atoms with van der Waals surface area (Å²) in [5.41, 5.74) is 0.318. The zero-order valence-corrected chi connectivity index (χ0v) is 19.9. The highest BCUT2D eigenvalue weighted by atomic mass is 16.7. The number of hydrogen-bond acceptors (Lipinski definition) is 5. The molecule has 1 unspecified atom stereocenters. The molecule has 0 aromatic carbocycles. The van der Waals surface area contributed by atoms with Crippen molar-refractivity contribution in [3.63, 3.8) is 0 Å². The fourth-order valence-corrected chi connectivity index (χ4v) is 2.70. The summed E-state index contributed by atoms with van der Waals surface area (Å²) in [5, 5.41) is 0. The third-order valence-corrected chi connectivity index (χ3v) is 4.38. The Balaban J connectivity index is 2.04. The summed E-state index contributed by atoms with van der Waals surface area (Å²) in [7, 11) is 0. The van der Waals surface area contributed by atoms with Gasteiger partial charge in [0.15, 0.2) is 0 Å². The Morgan fingerprint density at radius 1 is 0.879 bits per heavy atom. The van der Waals surface area contributed by atoms with E-state index in [9.17, 15) is 9.59 Å². The third kappa shape index (κ3) is 16.1. The molecule has 1 aromatic heterocycles. The standard InChI is InChI=1S/C28H37NO4/c1-3-4-5-6-7-8-9-10-11-12-13-14-15-16-17-18-19-22-27(30)32-25(2)33-28(31)26-21-20-23-29-24-26/h4-5,7-8,10-11,13-14,16-17,20-21,23-25H,3,6,9,12,15,18-19,22H2,1-2H3. The number of esters is 2. The largest absolute Gasteiger partial charge is 0.425 e. The monoisotopic (exact) mass is 451 g/mol. The number of pyridine rings is 1. The molecule has 178 valence electrons. The van der Waals surface area contributed by atoms with Crippen LogP contribution in [0, 0.1) is 0 Å². The second-order valence-corrected chi connectivity index (χ2v) is 7.30. The van der Waals surface area contributed by atoms with Gasteiger partial charge < -0.3 is 9.47 Å². The number of aromatic nitrogens is 1. The number of nitrogens with zero attached hydrogens (tertiary/aromatic N) is 1. The van der Waals surface area contributed by atoms with Gasteiger partial charge in [0.1, 0.15) is 0 Å². The molecule has 0 bridgehead atoms. The van der Waals surface area contributed by atoms with E-state index < -0.39 is 12.3 Å². The van der Waals surface area contributed by atoms with Crippen molar-refractivity contribution in [2.24, 2.45) is 0 Å². The third-order valence-electron chi connectivity index (χ3n) is 4.38. The van der Waals surface area contributed by atoms with E-state index in [0.717, 1.165) is 38.5 Å². The molecular formula is C28H37NO4. The van der Waals surface area contributed by atoms with Gasteiger partial charge in [0.05, 0.1) is 5.56 Å². The van der Waals surface area contributed by atoms with Crippen LogP contribution in [-0.2, 0) is 14.3 Å². The average Bonchev–Trinajstić information content (AvgIpc) is 2.81. The molecule has 0 aliphatic carbocycles. The molecule has 5 heteroatoms. The number of carbonyl (C=O) groups is 2. The number of ether oxygens (including phenoxy) is 2. The number of allylic oxidation sites excluding steroid dienone is 10. The van der Waals surface area contributed by atoms with Crippen LogP contribution >= 0.6 is 0 Å². The average molecular weight is 452 g/mol. The summed E-state index contributed by atoms with van der Waals surface area (Å²) in [5.74, 6) is -0.948. The summed E-state index contributed by atoms with van der Waals surface area (Å²) in [4.78, 5) is 27.6. The molecule has 0 spiro atoms. The molecule has 0 saturated heterocycles. The lowest BCUT2D eigenvalue weighted by atomic mass is 10.2. The molecule has 1 atom stereocenters. The highest BCUT2D eigenvalue weighted by molar-refractivity contribution is 5.89. The molecule has 0 aliphatic rings. The van der Waals surface area contributed by atoms with Crippen LogP contribution in [0.4, 0.5) is 0 Å². The first kappa shape index (κ1) is 27.8. The van der Waals surface area contributed by atoms with E-state index in [-0.39, 0.29) is 12.4 Å². The SMILES string of the molecule is CCC=CCC=CCC=CCC=CCC=CCCCC(=O)OC(C)OC(=O)c1cccnc1. The molecule has 0 aliphatic heterocycles. The molecule has 5 nitrogen and oxygen atoms in total. The Labute approximate surface area is 198 Å². The highest BCUT2D eigenvalue weighted by Crippen LogP contribution is 2.06. The smallest absolute Gasteiger partial charge is 0.342 e. The van der Waals surface area contributed by atoms with E-state index in [4.69, 9.17) is 9.47 Å². The van der Waals surface area contributed by atoms with E-state index in [2.05, 4.69) is 72.7 Å². The van der Waals surface area contributed by atoms with E-state index in [1.807, 2.05) is 0 Å². The van der Waals surface area contributed by atoms with Crippen LogP contribution < -0.4 is 0 Å². The number of unbranched alkanes of at least 4 members (excludes halogenated alkanes) is 1. The summed E-state index contributed by atoms with van der Waals surface area (Å²) >= 11 is 0. The molecule has 0 saturated carbocycles. The highest BCUT2D eigenvalue weighted by Gasteiger charge is 2.15. The Hall–Kier alpha value is -3.21. The van der Waals surface area contributed by atoms with E-state index in [0.29, 0.717) is 12.0 Å². The summed E-state index contributed by atoms with van der Waals surface area (Å²) in [6.07, 6.45) is 30.3. The van der Waals surface area contributed by atoms with E-state index >= 15 is 0 Å². The molecule has 1 rings (SSSR count). The predicted molar refractivity (Wildman–Crippen MR) is 134 cm³/mol. The van der Waals surface area contributed by atoms with Crippen molar-refractivity contribution in [1.29, 1.82) is 0 Å². The molecule has 0 amide bonds. The van der Waals surface area contributed by atoms with Crippen molar-refractivity contribution < 1.29 is 19.1 Å². The maximum atomic E-state index is 11.9. The van der Waals surface area contributed by atoms with Crippen LogP contribution in [0.1, 0.15) is 75.6 Å². The van der Waals surface area contributed by atoms with Crippen molar-refractivity contribution in [2.75, 3.05) is 0 Å². The van der Waals surface area contributed by atoms with Crippen molar-refractivity contribution in [3.8, 4) is 0 Å². The van der Waals surface area contributed by atoms with Crippen LogP contribution in [-0.4, -0.2) is 23.2 Å². The Bertz CT molecular complexity index is 806. The minimum Gasteiger partial charge on any atom is -0.425 e. The van der Waals surface area contributed by atoms with Gasteiger partial charge in [-0.2, -0.15) is 0 Å². The lowest BCUT2D eigenvalue weighted by molar-refractivity contribution is -0.165. The van der Waals surface area contributed by atoms with Gasteiger partial charge in [0, 0.05) is 25.7 Å². The first-order valence-electron chi connectivity index (χ1n) is 11.7. The van der Waals surface area contributed by atoms with Crippen molar-refractivity contribution in [2.45, 2.75) is 71.5 Å². The quantitative estimate of drug-likeness (QED) is 0.117. The maximum absolute atomic E-state index is 11.9. The molecular weight excluding hydrogens is 414 g/mol. The number of rotatable bonds is 16. The fourth-order valence-electron chi connectivity index (χ4n) is 2.70. The van der Waals surface area contributed by atoms with Crippen LogP contribution in [0.15, 0.2) is 85.3 Å². The van der Waals surface area contributed by atoms with Crippen molar-refractivity contribution in [1.82, 2.24) is 4.98 Å². The van der Waals surface area contributed by atoms with Crippen LogP contribution in [0.25, 0.3) is 0 Å². The van der Waals surface area contributed by atoms with Crippen molar-refractivity contribution >= 4 is 11.9 Å². The minimum atomic E-state index is -0.932. The zero-order chi connectivity index (χ0) is 24.0. The van der Waals surface area contributed by atoms with Crippen LogP contribution in [0.2, 0.25) is 0 Å². The topological polar surface area (TPSA) is 65.5 Å². The van der Waals surface area contributed by atoms with Gasteiger partial charge >= 0.3 is 11.9 Å². The van der Waals surface area contributed by atoms with E-state index in [1.54, 1.807) is 18.3 Å². The Morgan fingerprint density at radius 3 is 2.00 bits per heavy atom. The first-order chi connectivity index (χ1) is 16.1. The molecule has 0 radical (unpaired) electrons. The maximum Gasteiger partial charge on any atom is 0.342 e. The zero-order valence-electron chi connectivity index (χ0n) is 19.9. The molecule has 33 heavy (non-hydrogen) atoms. The van der Waals surface area contributed by atoms with Gasteiger partial charge in [0.25, 0.3) is 0 Å². The lowest BCUT2D eigenvalue weighted by Gasteiger charge is -2.13. The van der Waals surface area contributed by atoms with Crippen LogP contribution in [0.3, 0.4) is 0 Å². The molecule has 0 fully saturated rings. The lowest BCUT2D eigenvalue weighted by Crippen LogP contribution is -2.21. The van der Waals surface area contributed by atoms with E-state index in [1.165, 1.54) is 13.1 Å². The molecule has 1 heterocycles. The Kier molecular flexibility index (Phi) is 16.4. The van der Waals surface area contributed by atoms with Gasteiger partial charge in [-0.05, 0) is 57.1 Å². The first-order valence-corrected chi connectivity index (χ1v) is 11.7. The second kappa shape index (κ2) is 19.5. The summed E-state index contributed by atoms with van der Waals surface area (Å²) in [6.45, 7) is 3.66. The van der Waals surface area contributed by atoms with Gasteiger partial charge in [-0.25, -0.2) is 4.79 Å². The summed E-state index contributed by atoms with van der Waals surface area (Å²) in [6, 6.07) is 3.23. The van der Waals surface area contributed by atoms with Gasteiger partial charge in [0.2, 0.25) is 6.29 Å². The number of hydrogen-bond donors (Lipinski definition) is 0. The number of carbonyl (C=O) groups excluding carboxylic acids is 2. The predicted octanol–water partition coefficient (Wildman–Crippen LogP) is 7.05. The molecule has 1 aromatic rings. The van der Waals surface area contributed by atoms with Crippen molar-refractivity contribution in [3.05, 3.63) is 90.9 Å². The summed E-state index contributed by atoms with van der Waals surface area (Å²) < 4.78 is 10.2. The minimum absolute atomic E-state index is 0.281. The molecule has 0 N–H and O–H groups in total. The Morgan fingerprint density at radius 2 is 1.45 bits per heavy atom. The van der Waals surface area contributed by atoms with Gasteiger partial charge in [-0.1, -0.05) is 67.7 Å². The van der Waals surface area contributed by atoms with Gasteiger partial charge in [-0.15, -0.1) is 0 Å². The second-order valence-electron chi connectivity index (χ2n) is 7.30. The van der Waals surface area contributed by atoms with Gasteiger partial charge in [-0.3, -0.25) is 9.78 Å². The van der Waals surface area contributed by atoms with Crippen LogP contribution in [0.5, 0.6) is 0 Å². The normalized spacial score (nSPS) is 13.0. The fraction of sp³-hybridized carbons (Fsp3) is 0.393.